The van der Waals surface area contributed by atoms with Gasteiger partial charge in [0.1, 0.15) is 0 Å². The van der Waals surface area contributed by atoms with Crippen LogP contribution in [0.25, 0.3) is 0 Å². The molecule has 14 heavy (non-hydrogen) atoms. The van der Waals surface area contributed by atoms with Gasteiger partial charge in [0.15, 0.2) is 0 Å². The first kappa shape index (κ1) is 11.1. The van der Waals surface area contributed by atoms with Crippen LogP contribution in [0, 0.1) is 0 Å². The van der Waals surface area contributed by atoms with Gasteiger partial charge in [-0.05, 0) is 22.3 Å². The van der Waals surface area contributed by atoms with Gasteiger partial charge in [-0.25, -0.2) is 0 Å². The lowest BCUT2D eigenvalue weighted by Gasteiger charge is -2.11. The molecule has 0 aliphatic rings. The first-order valence-electron chi connectivity index (χ1n) is 4.33. The molecule has 0 heterocycles. The lowest BCUT2D eigenvalue weighted by Crippen LogP contribution is -2.01. The van der Waals surface area contributed by atoms with E-state index in [4.69, 9.17) is 20.4 Å². The Kier molecular flexibility index (Phi) is 4.03. The SMILES string of the molecule is OCc1cc(CO)c(CO)cc1CO. The van der Waals surface area contributed by atoms with Crippen LogP contribution < -0.4 is 0 Å². The number of rotatable bonds is 4. The zero-order chi connectivity index (χ0) is 10.6. The molecule has 4 N–H and O–H groups in total. The van der Waals surface area contributed by atoms with Crippen molar-refractivity contribution in [1.82, 2.24) is 0 Å². The van der Waals surface area contributed by atoms with E-state index in [9.17, 15) is 0 Å². The molecule has 1 aromatic carbocycles. The van der Waals surface area contributed by atoms with Gasteiger partial charge in [0.25, 0.3) is 0 Å². The highest BCUT2D eigenvalue weighted by Gasteiger charge is 2.07. The van der Waals surface area contributed by atoms with Crippen LogP contribution in [0.15, 0.2) is 12.1 Å². The summed E-state index contributed by atoms with van der Waals surface area (Å²) >= 11 is 0. The van der Waals surface area contributed by atoms with E-state index in [1.807, 2.05) is 0 Å². The molecule has 1 aromatic rings. The Morgan fingerprint density at radius 1 is 0.571 bits per heavy atom. The van der Waals surface area contributed by atoms with Crippen molar-refractivity contribution >= 4 is 0 Å². The molecule has 0 atom stereocenters. The summed E-state index contributed by atoms with van der Waals surface area (Å²) in [5.41, 5.74) is 2.31. The van der Waals surface area contributed by atoms with Crippen molar-refractivity contribution in [1.29, 1.82) is 0 Å². The average Bonchev–Trinajstić information content (AvgIpc) is 2.26. The summed E-state index contributed by atoms with van der Waals surface area (Å²) in [7, 11) is 0. The van der Waals surface area contributed by atoms with Gasteiger partial charge >= 0.3 is 0 Å². The second kappa shape index (κ2) is 5.07. The minimum atomic E-state index is -0.186. The van der Waals surface area contributed by atoms with Crippen LogP contribution in [0.5, 0.6) is 0 Å². The Bertz CT molecular complexity index is 251. The van der Waals surface area contributed by atoms with E-state index in [0.717, 1.165) is 0 Å². The summed E-state index contributed by atoms with van der Waals surface area (Å²) in [6, 6.07) is 3.19. The Hall–Kier alpha value is -0.940. The predicted molar refractivity (Wildman–Crippen MR) is 50.1 cm³/mol. The first-order valence-corrected chi connectivity index (χ1v) is 4.33. The van der Waals surface area contributed by atoms with Crippen molar-refractivity contribution in [3.63, 3.8) is 0 Å². The highest BCUT2D eigenvalue weighted by atomic mass is 16.3. The van der Waals surface area contributed by atoms with Crippen molar-refractivity contribution in [3.8, 4) is 0 Å². The minimum absolute atomic E-state index is 0.186. The fraction of sp³-hybridized carbons (Fsp3) is 0.400. The van der Waals surface area contributed by atoms with Crippen molar-refractivity contribution < 1.29 is 20.4 Å². The third-order valence-electron chi connectivity index (χ3n) is 2.20. The Balaban J connectivity index is 3.20. The van der Waals surface area contributed by atoms with Gasteiger partial charge in [-0.2, -0.15) is 0 Å². The molecule has 0 radical (unpaired) electrons. The maximum Gasteiger partial charge on any atom is 0.0685 e. The number of aliphatic hydroxyl groups is 4. The summed E-state index contributed by atoms with van der Waals surface area (Å²) in [6.45, 7) is -0.744. The molecule has 4 heteroatoms. The molecule has 4 nitrogen and oxygen atoms in total. The molecule has 0 saturated carbocycles. The van der Waals surface area contributed by atoms with Crippen LogP contribution in [0.2, 0.25) is 0 Å². The lowest BCUT2D eigenvalue weighted by molar-refractivity contribution is 0.250. The summed E-state index contributed by atoms with van der Waals surface area (Å²) in [4.78, 5) is 0. The maximum atomic E-state index is 8.98. The van der Waals surface area contributed by atoms with Crippen LogP contribution in [0.4, 0.5) is 0 Å². The van der Waals surface area contributed by atoms with Gasteiger partial charge < -0.3 is 20.4 Å². The fourth-order valence-electron chi connectivity index (χ4n) is 1.38. The third-order valence-corrected chi connectivity index (χ3v) is 2.20. The van der Waals surface area contributed by atoms with Crippen LogP contribution in [0.3, 0.4) is 0 Å². The second-order valence-electron chi connectivity index (χ2n) is 3.02. The van der Waals surface area contributed by atoms with Gasteiger partial charge in [0.2, 0.25) is 0 Å². The van der Waals surface area contributed by atoms with E-state index in [1.54, 1.807) is 12.1 Å². The summed E-state index contributed by atoms with van der Waals surface area (Å²) < 4.78 is 0. The second-order valence-corrected chi connectivity index (χ2v) is 3.02. The zero-order valence-electron chi connectivity index (χ0n) is 7.77. The van der Waals surface area contributed by atoms with Gasteiger partial charge in [-0.1, -0.05) is 12.1 Å². The molecule has 0 aliphatic carbocycles. The van der Waals surface area contributed by atoms with Crippen LogP contribution in [0.1, 0.15) is 22.3 Å². The highest BCUT2D eigenvalue weighted by molar-refractivity contribution is 5.37. The molecule has 0 amide bonds. The molecule has 1 rings (SSSR count). The number of aliphatic hydroxyl groups excluding tert-OH is 4. The summed E-state index contributed by atoms with van der Waals surface area (Å²) in [6.07, 6.45) is 0. The van der Waals surface area contributed by atoms with Crippen molar-refractivity contribution in [2.24, 2.45) is 0 Å². The molecular weight excluding hydrogens is 184 g/mol. The maximum absolute atomic E-state index is 8.98. The number of benzene rings is 1. The number of hydrogen-bond acceptors (Lipinski definition) is 4. The van der Waals surface area contributed by atoms with Crippen molar-refractivity contribution in [3.05, 3.63) is 34.4 Å². The summed E-state index contributed by atoms with van der Waals surface area (Å²) in [5.74, 6) is 0. The molecule has 0 aliphatic heterocycles. The minimum Gasteiger partial charge on any atom is -0.392 e. The van der Waals surface area contributed by atoms with Crippen LogP contribution in [-0.2, 0) is 26.4 Å². The van der Waals surface area contributed by atoms with Gasteiger partial charge in [-0.3, -0.25) is 0 Å². The van der Waals surface area contributed by atoms with E-state index in [-0.39, 0.29) is 26.4 Å². The standard InChI is InChI=1S/C10H14O4/c11-3-7-1-8(4-12)10(6-14)2-9(7)5-13/h1-2,11-14H,3-6H2. The molecule has 0 unspecified atom stereocenters. The lowest BCUT2D eigenvalue weighted by atomic mass is 9.99. The van der Waals surface area contributed by atoms with E-state index in [0.29, 0.717) is 22.3 Å². The molecule has 0 spiro atoms. The predicted octanol–water partition coefficient (Wildman–Crippen LogP) is -0.344. The summed E-state index contributed by atoms with van der Waals surface area (Å²) in [5, 5.41) is 35.9. The third kappa shape index (κ3) is 2.10. The Morgan fingerprint density at radius 3 is 0.929 bits per heavy atom. The number of hydrogen-bond donors (Lipinski definition) is 4. The molecule has 0 fully saturated rings. The molecule has 78 valence electrons. The van der Waals surface area contributed by atoms with Crippen molar-refractivity contribution in [2.75, 3.05) is 0 Å². The van der Waals surface area contributed by atoms with Gasteiger partial charge in [0.05, 0.1) is 26.4 Å². The van der Waals surface area contributed by atoms with Gasteiger partial charge in [0, 0.05) is 0 Å². The Morgan fingerprint density at radius 2 is 0.786 bits per heavy atom. The topological polar surface area (TPSA) is 80.9 Å². The van der Waals surface area contributed by atoms with Crippen molar-refractivity contribution in [2.45, 2.75) is 26.4 Å². The smallest absolute Gasteiger partial charge is 0.0685 e. The fourth-order valence-corrected chi connectivity index (χ4v) is 1.38. The quantitative estimate of drug-likeness (QED) is 0.533. The first-order chi connectivity index (χ1) is 6.76. The monoisotopic (exact) mass is 198 g/mol. The van der Waals surface area contributed by atoms with Crippen LogP contribution in [-0.4, -0.2) is 20.4 Å². The van der Waals surface area contributed by atoms with E-state index < -0.39 is 0 Å². The Labute approximate surface area is 82.1 Å². The normalized spacial score (nSPS) is 10.6. The molecule has 0 saturated heterocycles. The molecular formula is C10H14O4. The van der Waals surface area contributed by atoms with E-state index in [2.05, 4.69) is 0 Å². The van der Waals surface area contributed by atoms with E-state index in [1.165, 1.54) is 0 Å². The van der Waals surface area contributed by atoms with E-state index >= 15 is 0 Å². The molecule has 0 bridgehead atoms. The zero-order valence-corrected chi connectivity index (χ0v) is 7.77. The van der Waals surface area contributed by atoms with Gasteiger partial charge in [-0.15, -0.1) is 0 Å². The average molecular weight is 198 g/mol. The highest BCUT2D eigenvalue weighted by Crippen LogP contribution is 2.18. The molecule has 0 aromatic heterocycles. The largest absolute Gasteiger partial charge is 0.392 e. The van der Waals surface area contributed by atoms with Crippen LogP contribution >= 0.6 is 0 Å².